The molecule has 0 radical (unpaired) electrons. The molecule has 2 rings (SSSR count). The number of carbonyl (C=O) groups is 1. The number of nitrogens with two attached hydrogens (primary N) is 1. The highest BCUT2D eigenvalue weighted by atomic mass is 79.9. The first-order chi connectivity index (χ1) is 10.2. The molecule has 2 aromatic rings. The topological polar surface area (TPSA) is 46.3 Å². The zero-order chi connectivity index (χ0) is 15.1. The van der Waals surface area contributed by atoms with E-state index in [1.165, 1.54) is 0 Å². The van der Waals surface area contributed by atoms with Gasteiger partial charge in [-0.15, -0.1) is 0 Å². The van der Waals surface area contributed by atoms with E-state index in [0.29, 0.717) is 26.1 Å². The zero-order valence-electron chi connectivity index (χ0n) is 11.8. The van der Waals surface area contributed by atoms with Crippen LogP contribution in [0.15, 0.2) is 59.1 Å². The van der Waals surface area contributed by atoms with Gasteiger partial charge in [0.05, 0.1) is 6.42 Å². The van der Waals surface area contributed by atoms with Gasteiger partial charge in [-0.2, -0.15) is 0 Å². The van der Waals surface area contributed by atoms with Crippen LogP contribution in [0.1, 0.15) is 11.1 Å². The van der Waals surface area contributed by atoms with Gasteiger partial charge in [-0.25, -0.2) is 0 Å². The zero-order valence-corrected chi connectivity index (χ0v) is 13.4. The molecular weight excluding hydrogens is 328 g/mol. The minimum absolute atomic E-state index is 0.103. The molecule has 0 atom stereocenters. The van der Waals surface area contributed by atoms with Gasteiger partial charge < -0.3 is 10.6 Å². The molecule has 0 aliphatic heterocycles. The largest absolute Gasteiger partial charge is 0.337 e. The van der Waals surface area contributed by atoms with Crippen LogP contribution in [0.3, 0.4) is 0 Å². The highest BCUT2D eigenvalue weighted by Gasteiger charge is 2.13. The van der Waals surface area contributed by atoms with Gasteiger partial charge in [0.15, 0.2) is 0 Å². The number of hydrogen-bond acceptors (Lipinski definition) is 2. The van der Waals surface area contributed by atoms with Crippen LogP contribution >= 0.6 is 15.9 Å². The Morgan fingerprint density at radius 1 is 1.00 bits per heavy atom. The maximum atomic E-state index is 12.5. The van der Waals surface area contributed by atoms with Gasteiger partial charge in [0.2, 0.25) is 5.91 Å². The van der Waals surface area contributed by atoms with Crippen molar-refractivity contribution in [3.8, 4) is 0 Å². The van der Waals surface area contributed by atoms with E-state index in [4.69, 9.17) is 5.73 Å². The fourth-order valence-electron chi connectivity index (χ4n) is 2.14. The van der Waals surface area contributed by atoms with Crippen LogP contribution in [-0.2, 0) is 17.8 Å². The lowest BCUT2D eigenvalue weighted by atomic mass is 10.1. The smallest absolute Gasteiger partial charge is 0.227 e. The molecule has 0 saturated heterocycles. The number of nitrogens with zero attached hydrogens (tertiary/aromatic N) is 1. The summed E-state index contributed by atoms with van der Waals surface area (Å²) in [4.78, 5) is 14.3. The Morgan fingerprint density at radius 2 is 1.67 bits per heavy atom. The van der Waals surface area contributed by atoms with Crippen molar-refractivity contribution in [1.29, 1.82) is 0 Å². The molecule has 110 valence electrons. The molecule has 0 aliphatic carbocycles. The van der Waals surface area contributed by atoms with Crippen LogP contribution in [0.25, 0.3) is 0 Å². The van der Waals surface area contributed by atoms with Crippen molar-refractivity contribution >= 4 is 21.8 Å². The third-order valence-corrected chi connectivity index (χ3v) is 3.77. The van der Waals surface area contributed by atoms with Gasteiger partial charge in [0.1, 0.15) is 0 Å². The third kappa shape index (κ3) is 4.99. The molecule has 21 heavy (non-hydrogen) atoms. The number of rotatable bonds is 6. The van der Waals surface area contributed by atoms with Crippen molar-refractivity contribution in [2.24, 2.45) is 5.73 Å². The molecule has 0 bridgehead atoms. The summed E-state index contributed by atoms with van der Waals surface area (Å²) in [6.45, 7) is 1.65. The summed E-state index contributed by atoms with van der Waals surface area (Å²) < 4.78 is 1.02. The Balaban J connectivity index is 2.03. The number of hydrogen-bond donors (Lipinski definition) is 1. The number of carbonyl (C=O) groups excluding carboxylic acids is 1. The monoisotopic (exact) mass is 346 g/mol. The van der Waals surface area contributed by atoms with Gasteiger partial charge in [-0.1, -0.05) is 58.4 Å². The molecule has 0 aromatic heterocycles. The van der Waals surface area contributed by atoms with E-state index >= 15 is 0 Å². The fourth-order valence-corrected chi connectivity index (χ4v) is 2.40. The Morgan fingerprint density at radius 3 is 2.29 bits per heavy atom. The van der Waals surface area contributed by atoms with Crippen molar-refractivity contribution in [3.05, 3.63) is 70.2 Å². The summed E-state index contributed by atoms with van der Waals surface area (Å²) in [5.41, 5.74) is 7.77. The summed E-state index contributed by atoms with van der Waals surface area (Å²) >= 11 is 3.40. The SMILES string of the molecule is NCCN(Cc1ccccc1)C(=O)Cc1ccc(Br)cc1. The molecule has 0 unspecified atom stereocenters. The number of halogens is 1. The van der Waals surface area contributed by atoms with E-state index in [-0.39, 0.29) is 5.91 Å². The van der Waals surface area contributed by atoms with Crippen molar-refractivity contribution in [2.45, 2.75) is 13.0 Å². The van der Waals surface area contributed by atoms with Crippen LogP contribution in [0, 0.1) is 0 Å². The molecule has 0 spiro atoms. The maximum Gasteiger partial charge on any atom is 0.227 e. The summed E-state index contributed by atoms with van der Waals surface area (Å²) in [6, 6.07) is 17.8. The molecule has 2 aromatic carbocycles. The summed E-state index contributed by atoms with van der Waals surface area (Å²) in [7, 11) is 0. The highest BCUT2D eigenvalue weighted by Crippen LogP contribution is 2.12. The fraction of sp³-hybridized carbons (Fsp3) is 0.235. The van der Waals surface area contributed by atoms with E-state index in [0.717, 1.165) is 15.6 Å². The van der Waals surface area contributed by atoms with E-state index in [1.54, 1.807) is 0 Å². The quantitative estimate of drug-likeness (QED) is 0.873. The van der Waals surface area contributed by atoms with Crippen molar-refractivity contribution in [1.82, 2.24) is 4.90 Å². The van der Waals surface area contributed by atoms with Gasteiger partial charge in [0, 0.05) is 24.1 Å². The van der Waals surface area contributed by atoms with E-state index in [9.17, 15) is 4.79 Å². The molecule has 2 N–H and O–H groups in total. The Labute approximate surface area is 133 Å². The van der Waals surface area contributed by atoms with Gasteiger partial charge >= 0.3 is 0 Å². The van der Waals surface area contributed by atoms with Gasteiger partial charge in [0.25, 0.3) is 0 Å². The molecular formula is C17H19BrN2O. The standard InChI is InChI=1S/C17H19BrN2O/c18-16-8-6-14(7-9-16)12-17(21)20(11-10-19)13-15-4-2-1-3-5-15/h1-9H,10-13,19H2. The van der Waals surface area contributed by atoms with Crippen LogP contribution < -0.4 is 5.73 Å². The second-order valence-electron chi connectivity index (χ2n) is 4.89. The van der Waals surface area contributed by atoms with Gasteiger partial charge in [-0.3, -0.25) is 4.79 Å². The lowest BCUT2D eigenvalue weighted by Crippen LogP contribution is -2.35. The van der Waals surface area contributed by atoms with E-state index in [2.05, 4.69) is 15.9 Å². The number of amides is 1. The predicted octanol–water partition coefficient (Wildman–Crippen LogP) is 2.98. The average molecular weight is 347 g/mol. The van der Waals surface area contributed by atoms with Crippen molar-refractivity contribution in [3.63, 3.8) is 0 Å². The highest BCUT2D eigenvalue weighted by molar-refractivity contribution is 9.10. The van der Waals surface area contributed by atoms with Crippen LogP contribution in [0.2, 0.25) is 0 Å². The molecule has 3 nitrogen and oxygen atoms in total. The summed E-state index contributed by atoms with van der Waals surface area (Å²) in [5.74, 6) is 0.103. The Hall–Kier alpha value is -1.65. The Bertz CT molecular complexity index is 569. The van der Waals surface area contributed by atoms with E-state index in [1.807, 2.05) is 59.5 Å². The average Bonchev–Trinajstić information content (AvgIpc) is 2.50. The maximum absolute atomic E-state index is 12.5. The predicted molar refractivity (Wildman–Crippen MR) is 88.8 cm³/mol. The van der Waals surface area contributed by atoms with Crippen molar-refractivity contribution < 1.29 is 4.79 Å². The molecule has 0 aliphatic rings. The van der Waals surface area contributed by atoms with Gasteiger partial charge in [-0.05, 0) is 23.3 Å². The first-order valence-corrected chi connectivity index (χ1v) is 7.74. The van der Waals surface area contributed by atoms with Crippen LogP contribution in [-0.4, -0.2) is 23.9 Å². The molecule has 1 amide bonds. The van der Waals surface area contributed by atoms with Crippen LogP contribution in [0.4, 0.5) is 0 Å². The Kier molecular flexibility index (Phi) is 5.96. The minimum Gasteiger partial charge on any atom is -0.337 e. The summed E-state index contributed by atoms with van der Waals surface area (Å²) in [6.07, 6.45) is 0.403. The van der Waals surface area contributed by atoms with E-state index < -0.39 is 0 Å². The molecule has 0 saturated carbocycles. The lowest BCUT2D eigenvalue weighted by molar-refractivity contribution is -0.131. The first-order valence-electron chi connectivity index (χ1n) is 6.95. The molecule has 0 heterocycles. The first kappa shape index (κ1) is 15.7. The molecule has 4 heteroatoms. The third-order valence-electron chi connectivity index (χ3n) is 3.24. The summed E-state index contributed by atoms with van der Waals surface area (Å²) in [5, 5.41) is 0. The minimum atomic E-state index is 0.103. The second kappa shape index (κ2) is 7.96. The lowest BCUT2D eigenvalue weighted by Gasteiger charge is -2.22. The van der Waals surface area contributed by atoms with Crippen LogP contribution in [0.5, 0.6) is 0 Å². The number of benzene rings is 2. The normalized spacial score (nSPS) is 10.4. The molecule has 0 fully saturated rings. The second-order valence-corrected chi connectivity index (χ2v) is 5.81. The van der Waals surface area contributed by atoms with Crippen molar-refractivity contribution in [2.75, 3.05) is 13.1 Å².